The molecule has 0 radical (unpaired) electrons. The van der Waals surface area contributed by atoms with Crippen LogP contribution in [0.2, 0.25) is 0 Å². The first kappa shape index (κ1) is 12.9. The fourth-order valence-corrected chi connectivity index (χ4v) is 3.66. The van der Waals surface area contributed by atoms with Crippen LogP contribution < -0.4 is 0 Å². The summed E-state index contributed by atoms with van der Waals surface area (Å²) in [4.78, 5) is 12.5. The summed E-state index contributed by atoms with van der Waals surface area (Å²) in [5.74, 6) is -0.0388. The predicted molar refractivity (Wildman–Crippen MR) is 82.7 cm³/mol. The third kappa shape index (κ3) is 2.24. The molecule has 3 rings (SSSR count). The zero-order valence-electron chi connectivity index (χ0n) is 9.43. The molecule has 1 heterocycles. The summed E-state index contributed by atoms with van der Waals surface area (Å²) in [6, 6.07) is 11.0. The van der Waals surface area contributed by atoms with Gasteiger partial charge >= 0.3 is 0 Å². The van der Waals surface area contributed by atoms with Crippen LogP contribution in [0.15, 0.2) is 45.3 Å². The molecule has 0 saturated carbocycles. The maximum absolute atomic E-state index is 12.5. The van der Waals surface area contributed by atoms with Gasteiger partial charge in [-0.25, -0.2) is 0 Å². The van der Waals surface area contributed by atoms with Gasteiger partial charge in [0.1, 0.15) is 11.0 Å². The van der Waals surface area contributed by atoms with Crippen LogP contribution in [0.1, 0.15) is 15.9 Å². The summed E-state index contributed by atoms with van der Waals surface area (Å²) in [7, 11) is 0. The minimum Gasteiger partial charge on any atom is -0.289 e. The van der Waals surface area contributed by atoms with Gasteiger partial charge < -0.3 is 0 Å². The first-order valence-electron chi connectivity index (χ1n) is 5.38. The molecular weight excluding hydrogens is 392 g/mol. The van der Waals surface area contributed by atoms with Crippen molar-refractivity contribution in [3.63, 3.8) is 0 Å². The predicted octanol–water partition coefficient (Wildman–Crippen LogP) is 4.45. The lowest BCUT2D eigenvalue weighted by Gasteiger charge is -2.05. The Kier molecular flexibility index (Phi) is 3.47. The van der Waals surface area contributed by atoms with Crippen molar-refractivity contribution < 1.29 is 4.79 Å². The Balaban J connectivity index is 2.21. The van der Waals surface area contributed by atoms with E-state index in [2.05, 4.69) is 40.6 Å². The molecular formula is C13H6Br2N2OS. The van der Waals surface area contributed by atoms with E-state index in [4.69, 9.17) is 0 Å². The number of carbonyl (C=O) groups excluding carboxylic acids is 1. The molecule has 0 unspecified atom stereocenters. The number of nitrogens with zero attached hydrogens (tertiary/aromatic N) is 2. The number of ketones is 1. The molecule has 0 amide bonds. The highest BCUT2D eigenvalue weighted by atomic mass is 79.9. The Labute approximate surface area is 130 Å². The van der Waals surface area contributed by atoms with E-state index in [0.717, 1.165) is 21.7 Å². The molecule has 0 aliphatic rings. The number of halogens is 2. The van der Waals surface area contributed by atoms with Gasteiger partial charge in [0.2, 0.25) is 0 Å². The molecule has 6 heteroatoms. The van der Waals surface area contributed by atoms with E-state index >= 15 is 0 Å². The normalized spacial score (nSPS) is 10.8. The van der Waals surface area contributed by atoms with Crippen molar-refractivity contribution in [2.24, 2.45) is 0 Å². The lowest BCUT2D eigenvalue weighted by Crippen LogP contribution is -2.02. The second kappa shape index (κ2) is 5.11. The van der Waals surface area contributed by atoms with Gasteiger partial charge in [0.15, 0.2) is 5.78 Å². The Hall–Kier alpha value is -1.11. The van der Waals surface area contributed by atoms with Crippen molar-refractivity contribution in [1.82, 2.24) is 8.75 Å². The van der Waals surface area contributed by atoms with Crippen LogP contribution >= 0.6 is 43.6 Å². The van der Waals surface area contributed by atoms with Gasteiger partial charge in [-0.3, -0.25) is 4.79 Å². The van der Waals surface area contributed by atoms with Crippen LogP contribution in [-0.4, -0.2) is 14.5 Å². The van der Waals surface area contributed by atoms with Crippen molar-refractivity contribution in [2.45, 2.75) is 0 Å². The molecule has 3 aromatic rings. The summed E-state index contributed by atoms with van der Waals surface area (Å²) in [6.45, 7) is 0. The lowest BCUT2D eigenvalue weighted by molar-refractivity contribution is 0.103. The summed E-state index contributed by atoms with van der Waals surface area (Å²) in [6.07, 6.45) is 0. The average Bonchev–Trinajstić information content (AvgIpc) is 2.93. The molecule has 0 bridgehead atoms. The fraction of sp³-hybridized carbons (Fsp3) is 0. The second-order valence-electron chi connectivity index (χ2n) is 3.88. The largest absolute Gasteiger partial charge is 0.289 e. The molecule has 0 atom stereocenters. The number of fused-ring (bicyclic) bond motifs is 1. The van der Waals surface area contributed by atoms with Gasteiger partial charge in [-0.1, -0.05) is 30.3 Å². The van der Waals surface area contributed by atoms with Crippen LogP contribution in [0.4, 0.5) is 0 Å². The van der Waals surface area contributed by atoms with Gasteiger partial charge in [0, 0.05) is 15.6 Å². The minimum absolute atomic E-state index is 0.0388. The van der Waals surface area contributed by atoms with Crippen LogP contribution in [0.5, 0.6) is 0 Å². The topological polar surface area (TPSA) is 42.9 Å². The SMILES string of the molecule is O=C(c1ccccc1)c1cc(Br)c2nsnc2c1Br. The van der Waals surface area contributed by atoms with E-state index in [9.17, 15) is 4.79 Å². The Morgan fingerprint density at radius 1 is 1.05 bits per heavy atom. The first-order valence-corrected chi connectivity index (χ1v) is 7.70. The first-order chi connectivity index (χ1) is 9.18. The molecule has 0 saturated heterocycles. The summed E-state index contributed by atoms with van der Waals surface area (Å²) >= 11 is 8.01. The van der Waals surface area contributed by atoms with Crippen LogP contribution in [0.25, 0.3) is 11.0 Å². The van der Waals surface area contributed by atoms with Crippen molar-refractivity contribution in [3.05, 3.63) is 56.5 Å². The van der Waals surface area contributed by atoms with Gasteiger partial charge in [-0.15, -0.1) is 0 Å². The van der Waals surface area contributed by atoms with E-state index in [1.165, 1.54) is 0 Å². The maximum atomic E-state index is 12.5. The highest BCUT2D eigenvalue weighted by Crippen LogP contribution is 2.33. The van der Waals surface area contributed by atoms with Crippen molar-refractivity contribution in [3.8, 4) is 0 Å². The van der Waals surface area contributed by atoms with Crippen molar-refractivity contribution >= 4 is 60.4 Å². The van der Waals surface area contributed by atoms with Gasteiger partial charge in [0.05, 0.1) is 16.2 Å². The molecule has 1 aromatic heterocycles. The molecule has 0 N–H and O–H groups in total. The van der Waals surface area contributed by atoms with Crippen LogP contribution in [0.3, 0.4) is 0 Å². The molecule has 19 heavy (non-hydrogen) atoms. The number of benzene rings is 2. The molecule has 0 aliphatic carbocycles. The van der Waals surface area contributed by atoms with Crippen molar-refractivity contribution in [2.75, 3.05) is 0 Å². The van der Waals surface area contributed by atoms with E-state index in [0.29, 0.717) is 21.1 Å². The molecule has 2 aromatic carbocycles. The number of aromatic nitrogens is 2. The Morgan fingerprint density at radius 2 is 1.74 bits per heavy atom. The lowest BCUT2D eigenvalue weighted by atomic mass is 10.0. The zero-order chi connectivity index (χ0) is 13.4. The van der Waals surface area contributed by atoms with E-state index in [1.807, 2.05) is 18.2 Å². The smallest absolute Gasteiger partial charge is 0.194 e. The fourth-order valence-electron chi connectivity index (χ4n) is 1.79. The molecule has 0 spiro atoms. The summed E-state index contributed by atoms with van der Waals surface area (Å²) in [5, 5.41) is 0. The van der Waals surface area contributed by atoms with Gasteiger partial charge in [0.25, 0.3) is 0 Å². The van der Waals surface area contributed by atoms with E-state index in [-0.39, 0.29) is 5.78 Å². The highest BCUT2D eigenvalue weighted by Gasteiger charge is 2.18. The van der Waals surface area contributed by atoms with E-state index < -0.39 is 0 Å². The standard InChI is InChI=1S/C13H6Br2N2OS/c14-9-6-8(10(15)12-11(9)16-19-17-12)13(18)7-4-2-1-3-5-7/h1-6H. The number of rotatable bonds is 2. The zero-order valence-corrected chi connectivity index (χ0v) is 13.4. The maximum Gasteiger partial charge on any atom is 0.194 e. The van der Waals surface area contributed by atoms with E-state index in [1.54, 1.807) is 18.2 Å². The van der Waals surface area contributed by atoms with Gasteiger partial charge in [-0.2, -0.15) is 8.75 Å². The Bertz CT molecular complexity index is 771. The monoisotopic (exact) mass is 396 g/mol. The third-order valence-corrected chi connectivity index (χ3v) is 4.65. The van der Waals surface area contributed by atoms with Crippen molar-refractivity contribution in [1.29, 1.82) is 0 Å². The third-order valence-electron chi connectivity index (χ3n) is 2.71. The number of hydrogen-bond donors (Lipinski definition) is 0. The summed E-state index contributed by atoms with van der Waals surface area (Å²) < 4.78 is 9.88. The number of hydrogen-bond acceptors (Lipinski definition) is 4. The average molecular weight is 398 g/mol. The molecule has 3 nitrogen and oxygen atoms in total. The Morgan fingerprint density at radius 3 is 2.47 bits per heavy atom. The van der Waals surface area contributed by atoms with Crippen LogP contribution in [-0.2, 0) is 0 Å². The highest BCUT2D eigenvalue weighted by molar-refractivity contribution is 9.11. The van der Waals surface area contributed by atoms with Gasteiger partial charge in [-0.05, 0) is 37.9 Å². The summed E-state index contributed by atoms with van der Waals surface area (Å²) in [5.41, 5.74) is 2.70. The molecule has 94 valence electrons. The second-order valence-corrected chi connectivity index (χ2v) is 6.05. The molecule has 0 fully saturated rings. The quantitative estimate of drug-likeness (QED) is 0.600. The number of carbonyl (C=O) groups is 1. The molecule has 0 aliphatic heterocycles. The van der Waals surface area contributed by atoms with Crippen LogP contribution in [0, 0.1) is 0 Å². The minimum atomic E-state index is -0.0388.